The first kappa shape index (κ1) is 25.0. The predicted octanol–water partition coefficient (Wildman–Crippen LogP) is 4.13. The topological polar surface area (TPSA) is 101 Å². The van der Waals surface area contributed by atoms with Gasteiger partial charge in [0, 0.05) is 31.9 Å². The average Bonchev–Trinajstić information content (AvgIpc) is 3.34. The number of ether oxygens (including phenoxy) is 1. The highest BCUT2D eigenvalue weighted by atomic mass is 16.5. The third-order valence-corrected chi connectivity index (χ3v) is 6.91. The van der Waals surface area contributed by atoms with Gasteiger partial charge in [0.15, 0.2) is 5.65 Å². The van der Waals surface area contributed by atoms with Gasteiger partial charge in [0.25, 0.3) is 5.56 Å². The van der Waals surface area contributed by atoms with Gasteiger partial charge in [-0.15, -0.1) is 0 Å². The van der Waals surface area contributed by atoms with Gasteiger partial charge in [0.1, 0.15) is 11.1 Å². The first-order chi connectivity index (χ1) is 19.4. The maximum atomic E-state index is 13.6. The van der Waals surface area contributed by atoms with Gasteiger partial charge in [0.05, 0.1) is 18.8 Å². The zero-order valence-electron chi connectivity index (χ0n) is 21.9. The summed E-state index contributed by atoms with van der Waals surface area (Å²) in [5.41, 5.74) is 2.61. The number of carbonyl (C=O) groups is 1. The summed E-state index contributed by atoms with van der Waals surface area (Å²) in [6.45, 7) is 1.90. The number of carbonyl (C=O) groups excluding carboxylic acids is 1. The SMILES string of the molecule is CC(=O)Oc1ccc(Cn2c(=O)n(C)c(=O)c3c(-c4ccncc4)n(Cc4cccc5ccccc45)nc32)cc1. The molecule has 0 aliphatic carbocycles. The summed E-state index contributed by atoms with van der Waals surface area (Å²) in [5, 5.41) is 7.43. The van der Waals surface area contributed by atoms with Crippen molar-refractivity contribution in [3.05, 3.63) is 123 Å². The molecule has 0 bridgehead atoms. The molecule has 0 radical (unpaired) electrons. The molecular formula is C31H25N5O4. The summed E-state index contributed by atoms with van der Waals surface area (Å²) in [4.78, 5) is 42.4. The number of pyridine rings is 1. The Balaban J connectivity index is 1.56. The Labute approximate surface area is 228 Å². The minimum absolute atomic E-state index is 0.171. The molecule has 9 nitrogen and oxygen atoms in total. The molecule has 0 atom stereocenters. The van der Waals surface area contributed by atoms with Crippen LogP contribution in [0.4, 0.5) is 0 Å². The molecule has 0 fully saturated rings. The second kappa shape index (κ2) is 10.1. The maximum absolute atomic E-state index is 13.6. The van der Waals surface area contributed by atoms with E-state index in [1.54, 1.807) is 41.3 Å². The summed E-state index contributed by atoms with van der Waals surface area (Å²) in [5.74, 6) is -0.00217. The number of hydrogen-bond donors (Lipinski definition) is 0. The number of fused-ring (bicyclic) bond motifs is 2. The van der Waals surface area contributed by atoms with Gasteiger partial charge in [-0.05, 0) is 46.2 Å². The van der Waals surface area contributed by atoms with Crippen molar-refractivity contribution >= 4 is 27.8 Å². The predicted molar refractivity (Wildman–Crippen MR) is 152 cm³/mol. The quantitative estimate of drug-likeness (QED) is 0.237. The Morgan fingerprint density at radius 2 is 1.60 bits per heavy atom. The van der Waals surface area contributed by atoms with E-state index in [1.807, 2.05) is 36.4 Å². The van der Waals surface area contributed by atoms with E-state index in [0.29, 0.717) is 29.0 Å². The first-order valence-electron chi connectivity index (χ1n) is 12.8. The third-order valence-electron chi connectivity index (χ3n) is 6.91. The average molecular weight is 532 g/mol. The molecule has 0 N–H and O–H groups in total. The molecule has 0 spiro atoms. The van der Waals surface area contributed by atoms with Gasteiger partial charge in [-0.3, -0.25) is 28.4 Å². The van der Waals surface area contributed by atoms with E-state index in [9.17, 15) is 14.4 Å². The number of nitrogens with zero attached hydrogens (tertiary/aromatic N) is 5. The third kappa shape index (κ3) is 4.47. The second-order valence-electron chi connectivity index (χ2n) is 9.55. The minimum atomic E-state index is -0.474. The van der Waals surface area contributed by atoms with Crippen LogP contribution in [0.5, 0.6) is 5.75 Å². The summed E-state index contributed by atoms with van der Waals surface area (Å²) >= 11 is 0. The zero-order valence-corrected chi connectivity index (χ0v) is 21.9. The van der Waals surface area contributed by atoms with Crippen LogP contribution in [-0.4, -0.2) is 29.9 Å². The van der Waals surface area contributed by atoms with E-state index < -0.39 is 17.2 Å². The zero-order chi connectivity index (χ0) is 27.8. The van der Waals surface area contributed by atoms with Gasteiger partial charge < -0.3 is 4.74 Å². The Kier molecular flexibility index (Phi) is 6.31. The van der Waals surface area contributed by atoms with Crippen LogP contribution in [0, 0.1) is 0 Å². The first-order valence-corrected chi connectivity index (χ1v) is 12.8. The fourth-order valence-corrected chi connectivity index (χ4v) is 5.02. The molecule has 3 heterocycles. The standard InChI is InChI=1S/C31H25N5O4/c1-20(37)40-25-12-10-21(11-13-25)18-35-29-27(30(38)34(2)31(35)39)28(23-14-16-32-17-15-23)36(33-29)19-24-8-5-7-22-6-3-4-9-26(22)24/h3-17H,18-19H2,1-2H3. The summed E-state index contributed by atoms with van der Waals surface area (Å²) in [6.07, 6.45) is 3.34. The van der Waals surface area contributed by atoms with Crippen molar-refractivity contribution in [3.8, 4) is 17.0 Å². The number of esters is 1. The normalized spacial score (nSPS) is 11.2. The van der Waals surface area contributed by atoms with E-state index in [2.05, 4.69) is 23.2 Å². The van der Waals surface area contributed by atoms with Gasteiger partial charge >= 0.3 is 11.7 Å². The van der Waals surface area contributed by atoms with Gasteiger partial charge in [-0.25, -0.2) is 4.79 Å². The molecule has 0 saturated heterocycles. The van der Waals surface area contributed by atoms with Gasteiger partial charge in [0.2, 0.25) is 0 Å². The molecule has 6 aromatic rings. The molecule has 3 aromatic carbocycles. The van der Waals surface area contributed by atoms with E-state index in [0.717, 1.165) is 32.0 Å². The molecule has 40 heavy (non-hydrogen) atoms. The van der Waals surface area contributed by atoms with Crippen LogP contribution in [0.2, 0.25) is 0 Å². The summed E-state index contributed by atoms with van der Waals surface area (Å²) in [7, 11) is 1.47. The fraction of sp³-hybridized carbons (Fsp3) is 0.129. The fourth-order valence-electron chi connectivity index (χ4n) is 5.02. The molecule has 198 valence electrons. The molecule has 6 rings (SSSR count). The lowest BCUT2D eigenvalue weighted by Crippen LogP contribution is -2.38. The van der Waals surface area contributed by atoms with Crippen molar-refractivity contribution in [2.45, 2.75) is 20.0 Å². The number of hydrogen-bond acceptors (Lipinski definition) is 6. The molecule has 0 saturated carbocycles. The van der Waals surface area contributed by atoms with E-state index in [1.165, 1.54) is 18.5 Å². The monoisotopic (exact) mass is 531 g/mol. The van der Waals surface area contributed by atoms with Crippen LogP contribution in [0.1, 0.15) is 18.1 Å². The molecule has 3 aromatic heterocycles. The van der Waals surface area contributed by atoms with Crippen LogP contribution < -0.4 is 16.0 Å². The van der Waals surface area contributed by atoms with Crippen LogP contribution in [0.25, 0.3) is 33.1 Å². The Bertz CT molecular complexity index is 2000. The van der Waals surface area contributed by atoms with Crippen molar-refractivity contribution in [3.63, 3.8) is 0 Å². The van der Waals surface area contributed by atoms with Gasteiger partial charge in [-0.1, -0.05) is 54.6 Å². The summed E-state index contributed by atoms with van der Waals surface area (Å²) in [6, 6.07) is 24.8. The Morgan fingerprint density at radius 1 is 0.875 bits per heavy atom. The lowest BCUT2D eigenvalue weighted by molar-refractivity contribution is -0.131. The molecular weight excluding hydrogens is 506 g/mol. The molecule has 0 aliphatic rings. The molecule has 0 amide bonds. The molecule has 9 heteroatoms. The highest BCUT2D eigenvalue weighted by Gasteiger charge is 2.23. The number of benzene rings is 3. The lowest BCUT2D eigenvalue weighted by atomic mass is 10.0. The number of rotatable bonds is 6. The molecule has 0 unspecified atom stereocenters. The highest BCUT2D eigenvalue weighted by Crippen LogP contribution is 2.28. The van der Waals surface area contributed by atoms with Crippen LogP contribution in [0.3, 0.4) is 0 Å². The Hall–Kier alpha value is -5.31. The summed E-state index contributed by atoms with van der Waals surface area (Å²) < 4.78 is 9.54. The lowest BCUT2D eigenvalue weighted by Gasteiger charge is -2.10. The van der Waals surface area contributed by atoms with Crippen LogP contribution >= 0.6 is 0 Å². The van der Waals surface area contributed by atoms with Crippen molar-refractivity contribution in [1.29, 1.82) is 0 Å². The van der Waals surface area contributed by atoms with Crippen molar-refractivity contribution in [2.75, 3.05) is 0 Å². The van der Waals surface area contributed by atoms with Crippen molar-refractivity contribution < 1.29 is 9.53 Å². The van der Waals surface area contributed by atoms with Gasteiger partial charge in [-0.2, -0.15) is 5.10 Å². The minimum Gasteiger partial charge on any atom is -0.427 e. The van der Waals surface area contributed by atoms with Crippen molar-refractivity contribution in [2.24, 2.45) is 7.05 Å². The molecule has 0 aliphatic heterocycles. The smallest absolute Gasteiger partial charge is 0.332 e. The largest absolute Gasteiger partial charge is 0.427 e. The van der Waals surface area contributed by atoms with Crippen LogP contribution in [0.15, 0.2) is 101 Å². The van der Waals surface area contributed by atoms with E-state index in [-0.39, 0.29) is 6.54 Å². The second-order valence-corrected chi connectivity index (χ2v) is 9.55. The Morgan fingerprint density at radius 3 is 2.35 bits per heavy atom. The van der Waals surface area contributed by atoms with E-state index in [4.69, 9.17) is 9.84 Å². The number of aromatic nitrogens is 5. The highest BCUT2D eigenvalue weighted by molar-refractivity contribution is 5.91. The van der Waals surface area contributed by atoms with E-state index >= 15 is 0 Å². The maximum Gasteiger partial charge on any atom is 0.332 e. The van der Waals surface area contributed by atoms with Crippen molar-refractivity contribution in [1.82, 2.24) is 23.9 Å². The van der Waals surface area contributed by atoms with Crippen LogP contribution in [-0.2, 0) is 24.9 Å².